The molecule has 17 heavy (non-hydrogen) atoms. The molecule has 1 heterocycles. The lowest BCUT2D eigenvalue weighted by Gasteiger charge is -2.10. The summed E-state index contributed by atoms with van der Waals surface area (Å²) in [5.41, 5.74) is 7.51. The number of rotatable bonds is 2. The van der Waals surface area contributed by atoms with E-state index in [2.05, 4.69) is 21.1 Å². The van der Waals surface area contributed by atoms with Gasteiger partial charge in [-0.2, -0.15) is 0 Å². The standard InChI is InChI=1S/C12H12BrFN2O/c1-6(2)7-3-8(11(14)10(13)4-7)9-5-16-17-12(9)15/h3-6H,15H2,1-2H3. The second kappa shape index (κ2) is 4.49. The van der Waals surface area contributed by atoms with Gasteiger partial charge in [-0.05, 0) is 39.5 Å². The fourth-order valence-electron chi connectivity index (χ4n) is 1.59. The molecule has 3 nitrogen and oxygen atoms in total. The van der Waals surface area contributed by atoms with Gasteiger partial charge in [0.15, 0.2) is 0 Å². The van der Waals surface area contributed by atoms with Crippen LogP contribution in [0.15, 0.2) is 27.3 Å². The zero-order valence-electron chi connectivity index (χ0n) is 9.50. The number of aromatic nitrogens is 1. The highest BCUT2D eigenvalue weighted by Gasteiger charge is 2.16. The van der Waals surface area contributed by atoms with E-state index in [9.17, 15) is 4.39 Å². The van der Waals surface area contributed by atoms with Gasteiger partial charge >= 0.3 is 0 Å². The third-order valence-corrected chi connectivity index (χ3v) is 3.18. The summed E-state index contributed by atoms with van der Waals surface area (Å²) in [6.07, 6.45) is 1.42. The van der Waals surface area contributed by atoms with Crippen molar-refractivity contribution in [3.63, 3.8) is 0 Å². The summed E-state index contributed by atoms with van der Waals surface area (Å²) in [5, 5.41) is 3.56. The Hall–Kier alpha value is -1.36. The van der Waals surface area contributed by atoms with Crippen molar-refractivity contribution >= 4 is 21.8 Å². The molecule has 1 aromatic heterocycles. The van der Waals surface area contributed by atoms with Gasteiger partial charge in [0.05, 0.1) is 16.2 Å². The average molecular weight is 299 g/mol. The van der Waals surface area contributed by atoms with Gasteiger partial charge in [-0.1, -0.05) is 19.0 Å². The number of hydrogen-bond donors (Lipinski definition) is 1. The second-order valence-corrected chi connectivity index (χ2v) is 4.98. The first-order valence-electron chi connectivity index (χ1n) is 5.20. The van der Waals surface area contributed by atoms with Gasteiger partial charge < -0.3 is 10.3 Å². The summed E-state index contributed by atoms with van der Waals surface area (Å²) in [6.45, 7) is 4.08. The topological polar surface area (TPSA) is 52.0 Å². The van der Waals surface area contributed by atoms with Crippen molar-refractivity contribution in [2.45, 2.75) is 19.8 Å². The molecule has 0 saturated heterocycles. The van der Waals surface area contributed by atoms with Crippen LogP contribution in [0.3, 0.4) is 0 Å². The molecule has 2 aromatic rings. The van der Waals surface area contributed by atoms with Gasteiger partial charge in [-0.15, -0.1) is 0 Å². The van der Waals surface area contributed by atoms with Gasteiger partial charge in [-0.25, -0.2) is 4.39 Å². The summed E-state index contributed by atoms with van der Waals surface area (Å²) >= 11 is 3.21. The number of hydrogen-bond acceptors (Lipinski definition) is 3. The second-order valence-electron chi connectivity index (χ2n) is 4.12. The van der Waals surface area contributed by atoms with E-state index in [1.807, 2.05) is 13.8 Å². The smallest absolute Gasteiger partial charge is 0.230 e. The maximum absolute atomic E-state index is 14.0. The lowest BCUT2D eigenvalue weighted by Crippen LogP contribution is -1.94. The van der Waals surface area contributed by atoms with E-state index >= 15 is 0 Å². The SMILES string of the molecule is CC(C)c1cc(Br)c(F)c(-c2cnoc2N)c1. The lowest BCUT2D eigenvalue weighted by molar-refractivity contribution is 0.436. The third kappa shape index (κ3) is 2.20. The van der Waals surface area contributed by atoms with Crippen LogP contribution in [0.2, 0.25) is 0 Å². The van der Waals surface area contributed by atoms with Crippen molar-refractivity contribution in [1.29, 1.82) is 0 Å². The lowest BCUT2D eigenvalue weighted by atomic mass is 9.98. The first-order chi connectivity index (χ1) is 8.00. The molecule has 0 fully saturated rings. The van der Waals surface area contributed by atoms with Crippen molar-refractivity contribution in [1.82, 2.24) is 5.16 Å². The molecular weight excluding hydrogens is 287 g/mol. The van der Waals surface area contributed by atoms with Crippen molar-refractivity contribution in [2.75, 3.05) is 5.73 Å². The molecule has 90 valence electrons. The van der Waals surface area contributed by atoms with E-state index in [0.29, 0.717) is 21.5 Å². The number of nitrogen functional groups attached to an aromatic ring is 1. The van der Waals surface area contributed by atoms with E-state index in [-0.39, 0.29) is 11.7 Å². The van der Waals surface area contributed by atoms with Crippen LogP contribution in [0.1, 0.15) is 25.3 Å². The molecule has 0 spiro atoms. The maximum atomic E-state index is 14.0. The molecule has 0 unspecified atom stereocenters. The minimum absolute atomic E-state index is 0.122. The monoisotopic (exact) mass is 298 g/mol. The van der Waals surface area contributed by atoms with Gasteiger partial charge in [0.1, 0.15) is 5.82 Å². The fourth-order valence-corrected chi connectivity index (χ4v) is 2.07. The van der Waals surface area contributed by atoms with Gasteiger partial charge in [0.25, 0.3) is 0 Å². The largest absolute Gasteiger partial charge is 0.367 e. The average Bonchev–Trinajstić information content (AvgIpc) is 2.68. The van der Waals surface area contributed by atoms with Crippen molar-refractivity contribution < 1.29 is 8.91 Å². The Labute approximate surface area is 107 Å². The molecule has 0 aliphatic rings. The highest BCUT2D eigenvalue weighted by molar-refractivity contribution is 9.10. The Morgan fingerprint density at radius 1 is 1.35 bits per heavy atom. The van der Waals surface area contributed by atoms with E-state index in [1.54, 1.807) is 12.1 Å². The molecule has 2 N–H and O–H groups in total. The molecular formula is C12H12BrFN2O. The number of benzene rings is 1. The predicted molar refractivity (Wildman–Crippen MR) is 68.1 cm³/mol. The van der Waals surface area contributed by atoms with Crippen LogP contribution >= 0.6 is 15.9 Å². The summed E-state index contributed by atoms with van der Waals surface area (Å²) in [5.74, 6) is 0.0627. The van der Waals surface area contributed by atoms with E-state index in [4.69, 9.17) is 10.3 Å². The highest BCUT2D eigenvalue weighted by atomic mass is 79.9. The van der Waals surface area contributed by atoms with Crippen LogP contribution in [0.25, 0.3) is 11.1 Å². The van der Waals surface area contributed by atoms with Crippen LogP contribution in [0.4, 0.5) is 10.3 Å². The van der Waals surface area contributed by atoms with E-state index in [1.165, 1.54) is 6.20 Å². The quantitative estimate of drug-likeness (QED) is 0.913. The maximum Gasteiger partial charge on any atom is 0.230 e. The highest BCUT2D eigenvalue weighted by Crippen LogP contribution is 2.34. The molecule has 0 amide bonds. The molecule has 0 aliphatic carbocycles. The zero-order chi connectivity index (χ0) is 12.6. The van der Waals surface area contributed by atoms with E-state index < -0.39 is 0 Å². The number of anilines is 1. The molecule has 0 atom stereocenters. The molecule has 5 heteroatoms. The normalized spacial score (nSPS) is 11.1. The molecule has 0 saturated carbocycles. The Morgan fingerprint density at radius 2 is 2.06 bits per heavy atom. The Morgan fingerprint density at radius 3 is 2.59 bits per heavy atom. The summed E-state index contributed by atoms with van der Waals surface area (Å²) in [4.78, 5) is 0. The van der Waals surface area contributed by atoms with E-state index in [0.717, 1.165) is 5.56 Å². The zero-order valence-corrected chi connectivity index (χ0v) is 11.1. The van der Waals surface area contributed by atoms with Crippen molar-refractivity contribution in [3.05, 3.63) is 34.2 Å². The van der Waals surface area contributed by atoms with Gasteiger partial charge in [0, 0.05) is 5.56 Å². The fraction of sp³-hybridized carbons (Fsp3) is 0.250. The minimum atomic E-state index is -0.357. The summed E-state index contributed by atoms with van der Waals surface area (Å²) < 4.78 is 19.2. The Balaban J connectivity index is 2.65. The van der Waals surface area contributed by atoms with Gasteiger partial charge in [-0.3, -0.25) is 0 Å². The Kier molecular flexibility index (Phi) is 3.19. The molecule has 1 aromatic carbocycles. The summed E-state index contributed by atoms with van der Waals surface area (Å²) in [7, 11) is 0. The molecule has 0 aliphatic heterocycles. The number of nitrogens with zero attached hydrogens (tertiary/aromatic N) is 1. The first-order valence-corrected chi connectivity index (χ1v) is 5.99. The predicted octanol–water partition coefficient (Wildman–Crippen LogP) is 3.95. The van der Waals surface area contributed by atoms with Crippen LogP contribution in [-0.2, 0) is 0 Å². The third-order valence-electron chi connectivity index (χ3n) is 2.61. The first kappa shape index (κ1) is 12.1. The number of nitrogens with two attached hydrogens (primary N) is 1. The van der Waals surface area contributed by atoms with Gasteiger partial charge in [0.2, 0.25) is 5.88 Å². The van der Waals surface area contributed by atoms with Crippen LogP contribution < -0.4 is 5.73 Å². The number of halogens is 2. The molecule has 0 bridgehead atoms. The molecule has 0 radical (unpaired) electrons. The summed E-state index contributed by atoms with van der Waals surface area (Å²) in [6, 6.07) is 3.54. The van der Waals surface area contributed by atoms with Crippen LogP contribution in [0, 0.1) is 5.82 Å². The van der Waals surface area contributed by atoms with Crippen molar-refractivity contribution in [3.8, 4) is 11.1 Å². The molecule has 2 rings (SSSR count). The Bertz CT molecular complexity index is 551. The van der Waals surface area contributed by atoms with Crippen molar-refractivity contribution in [2.24, 2.45) is 0 Å². The van der Waals surface area contributed by atoms with Crippen LogP contribution in [-0.4, -0.2) is 5.16 Å². The van der Waals surface area contributed by atoms with Crippen LogP contribution in [0.5, 0.6) is 0 Å². The minimum Gasteiger partial charge on any atom is -0.367 e.